The predicted molar refractivity (Wildman–Crippen MR) is 95.8 cm³/mol. The van der Waals surface area contributed by atoms with Crippen molar-refractivity contribution in [1.29, 1.82) is 0 Å². The summed E-state index contributed by atoms with van der Waals surface area (Å²) in [6.07, 6.45) is 2.60. The van der Waals surface area contributed by atoms with Crippen LogP contribution in [0.4, 0.5) is 4.39 Å². The van der Waals surface area contributed by atoms with Crippen LogP contribution >= 0.6 is 0 Å². The highest BCUT2D eigenvalue weighted by atomic mass is 19.1. The number of carbonyl (C=O) groups is 1. The first kappa shape index (κ1) is 17.6. The van der Waals surface area contributed by atoms with Crippen molar-refractivity contribution in [2.45, 2.75) is 46.1 Å². The van der Waals surface area contributed by atoms with E-state index < -0.39 is 0 Å². The minimum Gasteiger partial charge on any atom is -0.349 e. The molecule has 0 aliphatic heterocycles. The zero-order chi connectivity index (χ0) is 18.0. The number of halogens is 1. The molecule has 0 spiro atoms. The molecule has 134 valence electrons. The molecule has 0 bridgehead atoms. The maximum absolute atomic E-state index is 14.4. The molecule has 0 unspecified atom stereocenters. The summed E-state index contributed by atoms with van der Waals surface area (Å²) in [4.78, 5) is 12.6. The number of rotatable bonds is 6. The first-order valence-corrected chi connectivity index (χ1v) is 8.90. The van der Waals surface area contributed by atoms with Crippen LogP contribution in [0, 0.1) is 12.7 Å². The molecular formula is C19H25FN4O. The molecule has 1 aromatic heterocycles. The van der Waals surface area contributed by atoms with E-state index >= 15 is 0 Å². The van der Waals surface area contributed by atoms with Crippen molar-refractivity contribution in [2.24, 2.45) is 0 Å². The van der Waals surface area contributed by atoms with Gasteiger partial charge in [-0.3, -0.25) is 4.79 Å². The summed E-state index contributed by atoms with van der Waals surface area (Å²) in [7, 11) is 0. The Morgan fingerprint density at radius 3 is 2.92 bits per heavy atom. The molecule has 0 radical (unpaired) electrons. The van der Waals surface area contributed by atoms with Gasteiger partial charge in [0.15, 0.2) is 5.69 Å². The second kappa shape index (κ2) is 7.35. The second-order valence-corrected chi connectivity index (χ2v) is 6.66. The average Bonchev–Trinajstić information content (AvgIpc) is 3.16. The van der Waals surface area contributed by atoms with Crippen molar-refractivity contribution in [3.8, 4) is 5.69 Å². The number of aryl methyl sites for hydroxylation is 1. The molecule has 1 aliphatic carbocycles. The maximum Gasteiger partial charge on any atom is 0.272 e. The Hall–Kier alpha value is -2.21. The summed E-state index contributed by atoms with van der Waals surface area (Å²) in [6.45, 7) is 7.29. The monoisotopic (exact) mass is 344 g/mol. The number of carbonyl (C=O) groups excluding carboxylic acids is 1. The van der Waals surface area contributed by atoms with Gasteiger partial charge in [-0.05, 0) is 57.4 Å². The van der Waals surface area contributed by atoms with Gasteiger partial charge in [-0.1, -0.05) is 13.0 Å². The molecular weight excluding hydrogens is 319 g/mol. The Balaban J connectivity index is 1.88. The Morgan fingerprint density at radius 1 is 1.40 bits per heavy atom. The number of nitrogens with zero attached hydrogens (tertiary/aromatic N) is 2. The molecule has 1 amide bonds. The average molecular weight is 344 g/mol. The Labute approximate surface area is 147 Å². The first-order valence-electron chi connectivity index (χ1n) is 8.90. The molecule has 6 heteroatoms. The molecule has 1 aliphatic rings. The highest BCUT2D eigenvalue weighted by Crippen LogP contribution is 2.28. The first-order chi connectivity index (χ1) is 12.0. The third-order valence-corrected chi connectivity index (χ3v) is 4.60. The summed E-state index contributed by atoms with van der Waals surface area (Å²) < 4.78 is 16.0. The highest BCUT2D eigenvalue weighted by molar-refractivity contribution is 5.94. The number of hydrogen-bond acceptors (Lipinski definition) is 3. The van der Waals surface area contributed by atoms with E-state index in [0.29, 0.717) is 17.9 Å². The molecule has 2 aromatic rings. The van der Waals surface area contributed by atoms with E-state index in [1.165, 1.54) is 6.07 Å². The van der Waals surface area contributed by atoms with Crippen molar-refractivity contribution in [2.75, 3.05) is 13.1 Å². The summed E-state index contributed by atoms with van der Waals surface area (Å²) in [5.74, 6) is -0.501. The van der Waals surface area contributed by atoms with Crippen LogP contribution in [-0.4, -0.2) is 34.8 Å². The Morgan fingerprint density at radius 2 is 2.20 bits per heavy atom. The van der Waals surface area contributed by atoms with Gasteiger partial charge < -0.3 is 10.6 Å². The van der Waals surface area contributed by atoms with E-state index in [9.17, 15) is 9.18 Å². The van der Waals surface area contributed by atoms with Gasteiger partial charge in [0.25, 0.3) is 5.91 Å². The lowest BCUT2D eigenvalue weighted by Crippen LogP contribution is -2.39. The highest BCUT2D eigenvalue weighted by Gasteiger charge is 2.27. The lowest BCUT2D eigenvalue weighted by atomic mass is 10.2. The zero-order valence-corrected chi connectivity index (χ0v) is 15.0. The molecule has 0 saturated heterocycles. The molecule has 1 atom stereocenters. The van der Waals surface area contributed by atoms with E-state index in [4.69, 9.17) is 0 Å². The van der Waals surface area contributed by atoms with Crippen molar-refractivity contribution in [3.05, 3.63) is 46.5 Å². The molecule has 3 rings (SSSR count). The lowest BCUT2D eigenvalue weighted by Gasteiger charge is -2.12. The third kappa shape index (κ3) is 3.58. The zero-order valence-electron chi connectivity index (χ0n) is 15.0. The van der Waals surface area contributed by atoms with E-state index in [-0.39, 0.29) is 17.8 Å². The molecule has 25 heavy (non-hydrogen) atoms. The third-order valence-electron chi connectivity index (χ3n) is 4.60. The van der Waals surface area contributed by atoms with Gasteiger partial charge in [0.1, 0.15) is 11.5 Å². The summed E-state index contributed by atoms with van der Waals surface area (Å²) >= 11 is 0. The predicted octanol–water partition coefficient (Wildman–Crippen LogP) is 2.54. The standard InChI is InChI=1S/C19H25FN4O/c1-4-21-13(3)11-22-19(25)18-14-6-5-7-16(14)24(23-18)17-9-8-12(2)10-15(17)20/h8-10,13,21H,4-7,11H2,1-3H3,(H,22,25)/t13-/m1/s1. The molecule has 2 N–H and O–H groups in total. The van der Waals surface area contributed by atoms with Crippen LogP contribution in [0.25, 0.3) is 5.69 Å². The smallest absolute Gasteiger partial charge is 0.272 e. The topological polar surface area (TPSA) is 58.9 Å². The minimum atomic E-state index is -0.315. The maximum atomic E-state index is 14.4. The van der Waals surface area contributed by atoms with Crippen LogP contribution in [0.5, 0.6) is 0 Å². The van der Waals surface area contributed by atoms with Gasteiger partial charge in [0, 0.05) is 23.8 Å². The van der Waals surface area contributed by atoms with Gasteiger partial charge in [-0.15, -0.1) is 0 Å². The van der Waals surface area contributed by atoms with Crippen LogP contribution in [-0.2, 0) is 12.8 Å². The van der Waals surface area contributed by atoms with Gasteiger partial charge >= 0.3 is 0 Å². The van der Waals surface area contributed by atoms with Crippen LogP contribution in [0.2, 0.25) is 0 Å². The molecule has 5 nitrogen and oxygen atoms in total. The Bertz CT molecular complexity index is 784. The fourth-order valence-corrected chi connectivity index (χ4v) is 3.35. The van der Waals surface area contributed by atoms with Gasteiger partial charge in [-0.25, -0.2) is 9.07 Å². The number of aromatic nitrogens is 2. The van der Waals surface area contributed by atoms with Crippen LogP contribution in [0.1, 0.15) is 47.6 Å². The lowest BCUT2D eigenvalue weighted by molar-refractivity contribution is 0.0944. The number of fused-ring (bicyclic) bond motifs is 1. The van der Waals surface area contributed by atoms with Gasteiger partial charge in [-0.2, -0.15) is 5.10 Å². The number of hydrogen-bond donors (Lipinski definition) is 2. The normalized spacial score (nSPS) is 14.4. The largest absolute Gasteiger partial charge is 0.349 e. The van der Waals surface area contributed by atoms with Gasteiger partial charge in [0.2, 0.25) is 0 Å². The van der Waals surface area contributed by atoms with Crippen molar-refractivity contribution >= 4 is 5.91 Å². The van der Waals surface area contributed by atoms with Crippen molar-refractivity contribution in [1.82, 2.24) is 20.4 Å². The fraction of sp³-hybridized carbons (Fsp3) is 0.474. The van der Waals surface area contributed by atoms with E-state index in [1.54, 1.807) is 10.7 Å². The summed E-state index contributed by atoms with van der Waals surface area (Å²) in [6, 6.07) is 5.28. The van der Waals surface area contributed by atoms with Crippen LogP contribution in [0.15, 0.2) is 18.2 Å². The molecule has 1 aromatic carbocycles. The van der Waals surface area contributed by atoms with Crippen LogP contribution in [0.3, 0.4) is 0 Å². The number of benzene rings is 1. The second-order valence-electron chi connectivity index (χ2n) is 6.66. The molecule has 1 heterocycles. The van der Waals surface area contributed by atoms with Gasteiger partial charge in [0.05, 0.1) is 0 Å². The molecule has 0 fully saturated rings. The van der Waals surface area contributed by atoms with Crippen molar-refractivity contribution < 1.29 is 9.18 Å². The van der Waals surface area contributed by atoms with Crippen molar-refractivity contribution in [3.63, 3.8) is 0 Å². The number of nitrogens with one attached hydrogen (secondary N) is 2. The number of likely N-dealkylation sites (N-methyl/N-ethyl adjacent to an activating group) is 1. The molecule has 0 saturated carbocycles. The summed E-state index contributed by atoms with van der Waals surface area (Å²) in [5.41, 5.74) is 3.60. The van der Waals surface area contributed by atoms with E-state index in [1.807, 2.05) is 26.8 Å². The van der Waals surface area contributed by atoms with E-state index in [2.05, 4.69) is 15.7 Å². The number of amides is 1. The summed E-state index contributed by atoms with van der Waals surface area (Å²) in [5, 5.41) is 10.6. The van der Waals surface area contributed by atoms with E-state index in [0.717, 1.165) is 42.6 Å². The fourth-order valence-electron chi connectivity index (χ4n) is 3.35. The quantitative estimate of drug-likeness (QED) is 0.847. The van der Waals surface area contributed by atoms with Crippen LogP contribution < -0.4 is 10.6 Å². The minimum absolute atomic E-state index is 0.186. The SMILES string of the molecule is CCN[C@H](C)CNC(=O)c1nn(-c2ccc(C)cc2F)c2c1CCC2. The Kier molecular flexibility index (Phi) is 5.18.